The standard InChI is InChI=1S/C10H10BrN5O2/c1-15-6-8(13-14-15)5-12-7-2-3-9(11)10(4-7)16(17)18/h2-4,6,12H,5H2,1H3. The van der Waals surface area contributed by atoms with Crippen LogP contribution in [0.5, 0.6) is 0 Å². The smallest absolute Gasteiger partial charge is 0.285 e. The van der Waals surface area contributed by atoms with E-state index in [1.807, 2.05) is 0 Å². The second-order valence-electron chi connectivity index (χ2n) is 3.66. The first-order valence-corrected chi connectivity index (χ1v) is 5.88. The highest BCUT2D eigenvalue weighted by atomic mass is 79.9. The van der Waals surface area contributed by atoms with Gasteiger partial charge in [-0.3, -0.25) is 14.8 Å². The topological polar surface area (TPSA) is 85.9 Å². The molecule has 0 saturated carbocycles. The van der Waals surface area contributed by atoms with Gasteiger partial charge in [0.15, 0.2) is 0 Å². The Morgan fingerprint density at radius 2 is 2.33 bits per heavy atom. The molecule has 0 amide bonds. The summed E-state index contributed by atoms with van der Waals surface area (Å²) >= 11 is 3.14. The average Bonchev–Trinajstić information content (AvgIpc) is 2.74. The lowest BCUT2D eigenvalue weighted by Gasteiger charge is -2.04. The summed E-state index contributed by atoms with van der Waals surface area (Å²) in [5.41, 5.74) is 1.46. The molecular weight excluding hydrogens is 302 g/mol. The minimum atomic E-state index is -0.433. The fraction of sp³-hybridized carbons (Fsp3) is 0.200. The molecule has 1 N–H and O–H groups in total. The number of hydrogen-bond donors (Lipinski definition) is 1. The van der Waals surface area contributed by atoms with Crippen LogP contribution in [0.25, 0.3) is 0 Å². The molecular formula is C10H10BrN5O2. The zero-order valence-corrected chi connectivity index (χ0v) is 11.1. The van der Waals surface area contributed by atoms with Gasteiger partial charge in [0.2, 0.25) is 0 Å². The first-order valence-electron chi connectivity index (χ1n) is 5.09. The summed E-state index contributed by atoms with van der Waals surface area (Å²) in [6.07, 6.45) is 1.78. The Hall–Kier alpha value is -1.96. The van der Waals surface area contributed by atoms with Crippen molar-refractivity contribution in [1.29, 1.82) is 0 Å². The second-order valence-corrected chi connectivity index (χ2v) is 4.51. The van der Waals surface area contributed by atoms with Crippen molar-refractivity contribution in [2.75, 3.05) is 5.32 Å². The van der Waals surface area contributed by atoms with E-state index in [9.17, 15) is 10.1 Å². The minimum Gasteiger partial charge on any atom is -0.379 e. The van der Waals surface area contributed by atoms with Crippen molar-refractivity contribution in [3.05, 3.63) is 44.7 Å². The molecule has 0 bridgehead atoms. The van der Waals surface area contributed by atoms with Gasteiger partial charge in [-0.15, -0.1) is 5.10 Å². The fourth-order valence-electron chi connectivity index (χ4n) is 1.43. The molecule has 1 aromatic heterocycles. The number of anilines is 1. The highest BCUT2D eigenvalue weighted by molar-refractivity contribution is 9.10. The zero-order chi connectivity index (χ0) is 13.1. The van der Waals surface area contributed by atoms with Crippen LogP contribution in [0.4, 0.5) is 11.4 Å². The number of aromatic nitrogens is 3. The van der Waals surface area contributed by atoms with Crippen LogP contribution < -0.4 is 5.32 Å². The maximum absolute atomic E-state index is 10.8. The van der Waals surface area contributed by atoms with Gasteiger partial charge in [0, 0.05) is 25.0 Å². The Morgan fingerprint density at radius 3 is 2.94 bits per heavy atom. The average molecular weight is 312 g/mol. The molecule has 1 aromatic carbocycles. The van der Waals surface area contributed by atoms with Crippen LogP contribution in [0.3, 0.4) is 0 Å². The first kappa shape index (κ1) is 12.5. The van der Waals surface area contributed by atoms with Gasteiger partial charge in [0.1, 0.15) is 5.69 Å². The quantitative estimate of drug-likeness (QED) is 0.690. The van der Waals surface area contributed by atoms with E-state index in [4.69, 9.17) is 0 Å². The minimum absolute atomic E-state index is 0.0270. The van der Waals surface area contributed by atoms with Gasteiger partial charge in [-0.1, -0.05) is 5.21 Å². The van der Waals surface area contributed by atoms with Gasteiger partial charge in [-0.25, -0.2) is 0 Å². The molecule has 0 aliphatic carbocycles. The number of nitro benzene ring substituents is 1. The van der Waals surface area contributed by atoms with E-state index >= 15 is 0 Å². The van der Waals surface area contributed by atoms with Crippen molar-refractivity contribution in [2.45, 2.75) is 6.54 Å². The zero-order valence-electron chi connectivity index (χ0n) is 9.50. The second kappa shape index (κ2) is 5.13. The van der Waals surface area contributed by atoms with E-state index in [1.165, 1.54) is 6.07 Å². The van der Waals surface area contributed by atoms with Crippen molar-refractivity contribution in [3.8, 4) is 0 Å². The third-order valence-electron chi connectivity index (χ3n) is 2.27. The summed E-state index contributed by atoms with van der Waals surface area (Å²) < 4.78 is 2.05. The SMILES string of the molecule is Cn1cc(CNc2ccc(Br)c([N+](=O)[O-])c2)nn1. The molecule has 0 atom stereocenters. The molecule has 2 aromatic rings. The van der Waals surface area contributed by atoms with Gasteiger partial charge < -0.3 is 5.32 Å². The first-order chi connectivity index (χ1) is 8.56. The lowest BCUT2D eigenvalue weighted by Crippen LogP contribution is -2.00. The molecule has 0 spiro atoms. The molecule has 7 nitrogen and oxygen atoms in total. The van der Waals surface area contributed by atoms with Crippen LogP contribution in [0.2, 0.25) is 0 Å². The van der Waals surface area contributed by atoms with E-state index in [0.29, 0.717) is 16.7 Å². The third kappa shape index (κ3) is 2.83. The molecule has 0 saturated heterocycles. The van der Waals surface area contributed by atoms with Crippen molar-refractivity contribution < 1.29 is 4.92 Å². The van der Waals surface area contributed by atoms with Crippen molar-refractivity contribution in [2.24, 2.45) is 7.05 Å². The number of aryl methyl sites for hydroxylation is 1. The third-order valence-corrected chi connectivity index (χ3v) is 2.94. The van der Waals surface area contributed by atoms with Crippen LogP contribution in [-0.4, -0.2) is 19.9 Å². The molecule has 1 heterocycles. The Kier molecular flexibility index (Phi) is 3.56. The van der Waals surface area contributed by atoms with Gasteiger partial charge in [0.05, 0.1) is 15.9 Å². The molecule has 0 unspecified atom stereocenters. The summed E-state index contributed by atoms with van der Waals surface area (Å²) in [7, 11) is 1.78. The number of nitrogens with one attached hydrogen (secondary N) is 1. The van der Waals surface area contributed by atoms with Crippen molar-refractivity contribution in [3.63, 3.8) is 0 Å². The van der Waals surface area contributed by atoms with Gasteiger partial charge in [-0.05, 0) is 28.1 Å². The highest BCUT2D eigenvalue weighted by Crippen LogP contribution is 2.27. The maximum atomic E-state index is 10.8. The lowest BCUT2D eigenvalue weighted by molar-refractivity contribution is -0.385. The largest absolute Gasteiger partial charge is 0.379 e. The molecule has 18 heavy (non-hydrogen) atoms. The summed E-state index contributed by atoms with van der Waals surface area (Å²) in [6.45, 7) is 0.465. The van der Waals surface area contributed by atoms with Crippen molar-refractivity contribution >= 4 is 27.3 Å². The number of nitro groups is 1. The van der Waals surface area contributed by atoms with E-state index in [1.54, 1.807) is 30.1 Å². The Bertz CT molecular complexity index is 583. The summed E-state index contributed by atoms with van der Waals surface area (Å²) in [6, 6.07) is 4.87. The highest BCUT2D eigenvalue weighted by Gasteiger charge is 2.12. The molecule has 2 rings (SSSR count). The van der Waals surface area contributed by atoms with Gasteiger partial charge in [0.25, 0.3) is 5.69 Å². The summed E-state index contributed by atoms with van der Waals surface area (Å²) in [5.74, 6) is 0. The molecule has 0 aliphatic heterocycles. The van der Waals surface area contributed by atoms with Crippen LogP contribution in [-0.2, 0) is 13.6 Å². The summed E-state index contributed by atoms with van der Waals surface area (Å²) in [4.78, 5) is 10.3. The number of nitrogens with zero attached hydrogens (tertiary/aromatic N) is 4. The van der Waals surface area contributed by atoms with Crippen LogP contribution >= 0.6 is 15.9 Å². The molecule has 0 aliphatic rings. The van der Waals surface area contributed by atoms with Crippen molar-refractivity contribution in [1.82, 2.24) is 15.0 Å². The van der Waals surface area contributed by atoms with Crippen LogP contribution in [0.1, 0.15) is 5.69 Å². The number of halogens is 1. The monoisotopic (exact) mass is 311 g/mol. The van der Waals surface area contributed by atoms with E-state index in [0.717, 1.165) is 5.69 Å². The lowest BCUT2D eigenvalue weighted by atomic mass is 10.3. The maximum Gasteiger partial charge on any atom is 0.285 e. The molecule has 0 fully saturated rings. The van der Waals surface area contributed by atoms with E-state index < -0.39 is 4.92 Å². The predicted molar refractivity (Wildman–Crippen MR) is 69.1 cm³/mol. The van der Waals surface area contributed by atoms with Crippen LogP contribution in [0, 0.1) is 10.1 Å². The normalized spacial score (nSPS) is 10.3. The van der Waals surface area contributed by atoms with Crippen LogP contribution in [0.15, 0.2) is 28.9 Å². The van der Waals surface area contributed by atoms with Gasteiger partial charge in [-0.2, -0.15) is 0 Å². The number of benzene rings is 1. The summed E-state index contributed by atoms with van der Waals surface area (Å²) in [5, 5.41) is 21.5. The molecule has 94 valence electrons. The predicted octanol–water partition coefficient (Wildman–Crippen LogP) is 2.10. The molecule has 8 heteroatoms. The Labute approximate surface area is 111 Å². The molecule has 0 radical (unpaired) electrons. The Balaban J connectivity index is 2.10. The van der Waals surface area contributed by atoms with E-state index in [2.05, 4.69) is 31.6 Å². The van der Waals surface area contributed by atoms with Gasteiger partial charge >= 0.3 is 0 Å². The fourth-order valence-corrected chi connectivity index (χ4v) is 1.82. The Morgan fingerprint density at radius 1 is 1.56 bits per heavy atom. The number of hydrogen-bond acceptors (Lipinski definition) is 5. The number of rotatable bonds is 4. The van der Waals surface area contributed by atoms with E-state index in [-0.39, 0.29) is 5.69 Å².